The van der Waals surface area contributed by atoms with E-state index in [1.54, 1.807) is 35.7 Å². The lowest BCUT2D eigenvalue weighted by molar-refractivity contribution is -0.146. The van der Waals surface area contributed by atoms with Gasteiger partial charge in [-0.25, -0.2) is 0 Å². The largest absolute Gasteiger partial charge is 0.379 e. The van der Waals surface area contributed by atoms with Crippen LogP contribution in [0.25, 0.3) is 0 Å². The van der Waals surface area contributed by atoms with Gasteiger partial charge in [-0.05, 0) is 62.9 Å². The van der Waals surface area contributed by atoms with Crippen LogP contribution in [-0.2, 0) is 30.3 Å². The van der Waals surface area contributed by atoms with Gasteiger partial charge in [-0.15, -0.1) is 0 Å². The monoisotopic (exact) mass is 717 g/mol. The van der Waals surface area contributed by atoms with Gasteiger partial charge in [0.2, 0.25) is 23.6 Å². The van der Waals surface area contributed by atoms with E-state index in [4.69, 9.17) is 4.74 Å². The Morgan fingerprint density at radius 2 is 1.62 bits per heavy atom. The molecule has 0 bridgehead atoms. The van der Waals surface area contributed by atoms with E-state index in [0.717, 1.165) is 25.7 Å². The highest BCUT2D eigenvalue weighted by molar-refractivity contribution is 7.99. The zero-order valence-electron chi connectivity index (χ0n) is 33.0. The predicted octanol–water partition coefficient (Wildman–Crippen LogP) is 4.81. The van der Waals surface area contributed by atoms with Crippen LogP contribution >= 0.6 is 11.8 Å². The molecule has 1 heterocycles. The van der Waals surface area contributed by atoms with Crippen LogP contribution in [-0.4, -0.2) is 133 Å². The minimum Gasteiger partial charge on any atom is -0.379 e. The first-order valence-electron chi connectivity index (χ1n) is 18.5. The number of thioether (sulfide) groups is 1. The SMILES string of the molecule is CCC(C)C(C(CC(=O)N1CCCC1C(CC(=O)N(C)CCc1ccccc1)SC)OC)N(C)C(=O)C(NC(=O)C(C(C)C)N(C)C)C(C)C. The Morgan fingerprint density at radius 1 is 0.980 bits per heavy atom. The van der Waals surface area contributed by atoms with Crippen LogP contribution < -0.4 is 5.32 Å². The van der Waals surface area contributed by atoms with E-state index in [2.05, 4.69) is 31.3 Å². The van der Waals surface area contributed by atoms with Crippen molar-refractivity contribution in [2.45, 2.75) is 116 Å². The van der Waals surface area contributed by atoms with Crippen molar-refractivity contribution < 1.29 is 23.9 Å². The van der Waals surface area contributed by atoms with E-state index in [-0.39, 0.29) is 71.2 Å². The van der Waals surface area contributed by atoms with Crippen molar-refractivity contribution in [2.24, 2.45) is 17.8 Å². The first-order valence-corrected chi connectivity index (χ1v) is 19.7. The number of rotatable bonds is 20. The summed E-state index contributed by atoms with van der Waals surface area (Å²) in [5, 5.41) is 3.04. The molecule has 1 N–H and O–H groups in total. The molecule has 11 heteroatoms. The van der Waals surface area contributed by atoms with E-state index in [9.17, 15) is 19.2 Å². The summed E-state index contributed by atoms with van der Waals surface area (Å²) in [7, 11) is 8.98. The Labute approximate surface area is 307 Å². The van der Waals surface area contributed by atoms with Gasteiger partial charge in [-0.3, -0.25) is 24.1 Å². The average molecular weight is 718 g/mol. The highest BCUT2D eigenvalue weighted by Crippen LogP contribution is 2.31. The molecule has 10 nitrogen and oxygen atoms in total. The van der Waals surface area contributed by atoms with Crippen molar-refractivity contribution in [2.75, 3.05) is 54.6 Å². The predicted molar refractivity (Wildman–Crippen MR) is 205 cm³/mol. The molecule has 7 unspecified atom stereocenters. The van der Waals surface area contributed by atoms with Gasteiger partial charge in [0, 0.05) is 52.0 Å². The molecular weight excluding hydrogens is 651 g/mol. The zero-order valence-corrected chi connectivity index (χ0v) is 33.8. The third-order valence-electron chi connectivity index (χ3n) is 10.5. The number of amides is 4. The van der Waals surface area contributed by atoms with Crippen molar-refractivity contribution in [3.8, 4) is 0 Å². The molecule has 1 aromatic rings. The smallest absolute Gasteiger partial charge is 0.245 e. The lowest BCUT2D eigenvalue weighted by Crippen LogP contribution is -2.59. The second-order valence-electron chi connectivity index (χ2n) is 15.0. The summed E-state index contributed by atoms with van der Waals surface area (Å²) in [5.41, 5.74) is 1.20. The zero-order chi connectivity index (χ0) is 37.7. The molecule has 0 radical (unpaired) electrons. The number of likely N-dealkylation sites (N-methyl/N-ethyl adjacent to an activating group) is 3. The van der Waals surface area contributed by atoms with E-state index in [1.807, 2.05) is 83.1 Å². The van der Waals surface area contributed by atoms with Gasteiger partial charge in [0.1, 0.15) is 6.04 Å². The van der Waals surface area contributed by atoms with Gasteiger partial charge in [-0.2, -0.15) is 11.8 Å². The highest BCUT2D eigenvalue weighted by Gasteiger charge is 2.41. The average Bonchev–Trinajstić information content (AvgIpc) is 3.57. The third-order valence-corrected chi connectivity index (χ3v) is 11.6. The highest BCUT2D eigenvalue weighted by atomic mass is 32.2. The first kappa shape index (κ1) is 43.5. The number of benzene rings is 1. The van der Waals surface area contributed by atoms with Crippen LogP contribution in [0, 0.1) is 17.8 Å². The van der Waals surface area contributed by atoms with Crippen molar-refractivity contribution in [3.63, 3.8) is 0 Å². The molecule has 284 valence electrons. The molecule has 1 aliphatic rings. The van der Waals surface area contributed by atoms with Gasteiger partial charge in [0.25, 0.3) is 0 Å². The lowest BCUT2D eigenvalue weighted by Gasteiger charge is -2.41. The maximum atomic E-state index is 14.2. The fourth-order valence-corrected chi connectivity index (χ4v) is 8.29. The van der Waals surface area contributed by atoms with Gasteiger partial charge in [-0.1, -0.05) is 78.3 Å². The molecule has 1 aromatic carbocycles. The van der Waals surface area contributed by atoms with Crippen molar-refractivity contribution >= 4 is 35.4 Å². The molecule has 0 aliphatic carbocycles. The van der Waals surface area contributed by atoms with Crippen molar-refractivity contribution in [1.82, 2.24) is 24.9 Å². The topological polar surface area (TPSA) is 103 Å². The molecule has 1 saturated heterocycles. The fraction of sp³-hybridized carbons (Fsp3) is 0.744. The van der Waals surface area contributed by atoms with E-state index in [0.29, 0.717) is 19.5 Å². The Bertz CT molecular complexity index is 1210. The number of nitrogens with zero attached hydrogens (tertiary/aromatic N) is 4. The minimum absolute atomic E-state index is 0.0168. The fourth-order valence-electron chi connectivity index (χ4n) is 7.38. The number of carbonyl (C=O) groups excluding carboxylic acids is 4. The lowest BCUT2D eigenvalue weighted by atomic mass is 9.89. The van der Waals surface area contributed by atoms with Gasteiger partial charge in [0.15, 0.2) is 0 Å². The minimum atomic E-state index is -0.720. The number of nitrogens with one attached hydrogen (secondary N) is 1. The number of likely N-dealkylation sites (tertiary alicyclic amines) is 1. The normalized spacial score (nSPS) is 18.5. The maximum Gasteiger partial charge on any atom is 0.245 e. The van der Waals surface area contributed by atoms with Gasteiger partial charge < -0.3 is 24.8 Å². The summed E-state index contributed by atoms with van der Waals surface area (Å²) >= 11 is 1.65. The van der Waals surface area contributed by atoms with Crippen LogP contribution in [0.1, 0.15) is 79.2 Å². The summed E-state index contributed by atoms with van der Waals surface area (Å²) in [6.45, 7) is 13.3. The quantitative estimate of drug-likeness (QED) is 0.207. The van der Waals surface area contributed by atoms with Crippen molar-refractivity contribution in [3.05, 3.63) is 35.9 Å². The molecular formula is C39H67N5O5S. The van der Waals surface area contributed by atoms with Crippen LogP contribution in [0.2, 0.25) is 0 Å². The summed E-state index contributed by atoms with van der Waals surface area (Å²) in [4.78, 5) is 62.3. The number of carbonyl (C=O) groups is 4. The Kier molecular flexibility index (Phi) is 18.3. The van der Waals surface area contributed by atoms with Crippen LogP contribution in [0.4, 0.5) is 0 Å². The number of hydrogen-bond acceptors (Lipinski definition) is 7. The first-order chi connectivity index (χ1) is 23.6. The number of ether oxygens (including phenoxy) is 1. The Hall–Kier alpha value is -2.63. The molecule has 1 aliphatic heterocycles. The van der Waals surface area contributed by atoms with Crippen LogP contribution in [0.15, 0.2) is 30.3 Å². The molecule has 50 heavy (non-hydrogen) atoms. The molecule has 0 aromatic heterocycles. The van der Waals surface area contributed by atoms with E-state index >= 15 is 0 Å². The molecule has 7 atom stereocenters. The summed E-state index contributed by atoms with van der Waals surface area (Å²) in [6, 6.07) is 8.65. The maximum absolute atomic E-state index is 14.2. The molecule has 2 rings (SSSR count). The third kappa shape index (κ3) is 12.0. The second kappa shape index (κ2) is 21.0. The summed E-state index contributed by atoms with van der Waals surface area (Å²) in [5.74, 6) is -0.327. The molecule has 0 spiro atoms. The summed E-state index contributed by atoms with van der Waals surface area (Å²) in [6.07, 6.45) is 5.29. The Morgan fingerprint density at radius 3 is 2.14 bits per heavy atom. The van der Waals surface area contributed by atoms with Gasteiger partial charge in [0.05, 0.1) is 24.6 Å². The standard InChI is InChI=1S/C39H67N5O5S/c1-13-28(6)37(43(10)39(48)35(26(2)3)40-38(47)36(27(4)5)41(7)8)31(49-11)24-34(46)44-22-17-20-30(44)32(50-12)25-33(45)42(9)23-21-29-18-15-14-16-19-29/h14-16,18-19,26-28,30-32,35-37H,13,17,20-25H2,1-12H3,(H,40,47). The van der Waals surface area contributed by atoms with Crippen LogP contribution in [0.5, 0.6) is 0 Å². The van der Waals surface area contributed by atoms with Gasteiger partial charge >= 0.3 is 0 Å². The van der Waals surface area contributed by atoms with Crippen LogP contribution in [0.3, 0.4) is 0 Å². The number of methoxy groups -OCH3 is 1. The molecule has 4 amide bonds. The Balaban J connectivity index is 2.20. The number of hydrogen-bond donors (Lipinski definition) is 1. The van der Waals surface area contributed by atoms with E-state index in [1.165, 1.54) is 5.56 Å². The van der Waals surface area contributed by atoms with Crippen molar-refractivity contribution in [1.29, 1.82) is 0 Å². The molecule has 0 saturated carbocycles. The summed E-state index contributed by atoms with van der Waals surface area (Å²) < 4.78 is 6.04. The van der Waals surface area contributed by atoms with E-state index < -0.39 is 12.1 Å². The molecule has 1 fully saturated rings. The second-order valence-corrected chi connectivity index (χ2v) is 16.1.